The van der Waals surface area contributed by atoms with E-state index < -0.39 is 5.97 Å². The van der Waals surface area contributed by atoms with Gasteiger partial charge < -0.3 is 15.0 Å². The number of carbonyl (C=O) groups is 1. The van der Waals surface area contributed by atoms with Crippen molar-refractivity contribution in [2.24, 2.45) is 0 Å². The molecule has 0 radical (unpaired) electrons. The van der Waals surface area contributed by atoms with Crippen LogP contribution in [0.4, 0.5) is 0 Å². The van der Waals surface area contributed by atoms with Crippen molar-refractivity contribution in [1.82, 2.24) is 9.88 Å². The lowest BCUT2D eigenvalue weighted by Gasteiger charge is -2.19. The minimum Gasteiger partial charge on any atom is -0.478 e. The molecule has 20 heavy (non-hydrogen) atoms. The number of nitrogens with one attached hydrogen (secondary N) is 1. The predicted octanol–water partition coefficient (Wildman–Crippen LogP) is 2.74. The Morgan fingerprint density at radius 2 is 2.10 bits per heavy atom. The Bertz CT molecular complexity index is 693. The molecular formula is C16H20N2O2. The number of carboxylic acid groups (broad SMARTS) is 1. The Morgan fingerprint density at radius 3 is 2.75 bits per heavy atom. The maximum atomic E-state index is 11.7. The van der Waals surface area contributed by atoms with E-state index in [1.807, 2.05) is 6.07 Å². The fraction of sp³-hybridized carbons (Fsp3) is 0.438. The van der Waals surface area contributed by atoms with Crippen molar-refractivity contribution in [2.45, 2.75) is 39.3 Å². The summed E-state index contributed by atoms with van der Waals surface area (Å²) < 4.78 is 2.14. The summed E-state index contributed by atoms with van der Waals surface area (Å²) in [6.07, 6.45) is 0. The predicted molar refractivity (Wildman–Crippen MR) is 79.3 cm³/mol. The van der Waals surface area contributed by atoms with Crippen LogP contribution in [-0.4, -0.2) is 22.2 Å². The highest BCUT2D eigenvalue weighted by atomic mass is 16.4. The third kappa shape index (κ3) is 1.91. The zero-order chi connectivity index (χ0) is 14.5. The number of carboxylic acids is 1. The smallest absolute Gasteiger partial charge is 0.338 e. The van der Waals surface area contributed by atoms with Crippen molar-refractivity contribution in [2.75, 3.05) is 6.54 Å². The normalized spacial score (nSPS) is 15.3. The molecule has 1 aromatic carbocycles. The number of nitrogens with zero attached hydrogens (tertiary/aromatic N) is 1. The number of hydrogen-bond donors (Lipinski definition) is 2. The molecule has 106 valence electrons. The quantitative estimate of drug-likeness (QED) is 0.839. The molecule has 1 aliphatic rings. The summed E-state index contributed by atoms with van der Waals surface area (Å²) in [4.78, 5) is 11.7. The van der Waals surface area contributed by atoms with Gasteiger partial charge in [0.05, 0.1) is 5.56 Å². The second-order valence-corrected chi connectivity index (χ2v) is 6.44. The van der Waals surface area contributed by atoms with E-state index in [9.17, 15) is 9.90 Å². The van der Waals surface area contributed by atoms with E-state index in [4.69, 9.17) is 0 Å². The van der Waals surface area contributed by atoms with Crippen molar-refractivity contribution in [3.05, 3.63) is 35.0 Å². The van der Waals surface area contributed by atoms with E-state index >= 15 is 0 Å². The SMILES string of the molecule is CC(C)(C)c1ccc2c(c1)c(C(=O)O)c1n2CCNC1. The molecule has 4 nitrogen and oxygen atoms in total. The van der Waals surface area contributed by atoms with Gasteiger partial charge in [-0.25, -0.2) is 4.79 Å². The number of rotatable bonds is 1. The van der Waals surface area contributed by atoms with Crippen LogP contribution in [0, 0.1) is 0 Å². The van der Waals surface area contributed by atoms with Gasteiger partial charge >= 0.3 is 5.97 Å². The van der Waals surface area contributed by atoms with Gasteiger partial charge in [-0.1, -0.05) is 26.8 Å². The molecule has 2 aromatic rings. The van der Waals surface area contributed by atoms with Crippen molar-refractivity contribution in [3.8, 4) is 0 Å². The molecule has 0 saturated carbocycles. The molecular weight excluding hydrogens is 252 g/mol. The number of hydrogen-bond acceptors (Lipinski definition) is 2. The molecule has 0 amide bonds. The molecule has 0 spiro atoms. The third-order valence-corrected chi connectivity index (χ3v) is 4.06. The molecule has 0 saturated heterocycles. The van der Waals surface area contributed by atoms with Gasteiger partial charge in [0.1, 0.15) is 0 Å². The Labute approximate surface area is 118 Å². The Kier molecular flexibility index (Phi) is 2.87. The molecule has 0 aliphatic carbocycles. The van der Waals surface area contributed by atoms with Crippen molar-refractivity contribution in [1.29, 1.82) is 0 Å². The molecule has 4 heteroatoms. The summed E-state index contributed by atoms with van der Waals surface area (Å²) in [5.41, 5.74) is 3.57. The number of fused-ring (bicyclic) bond motifs is 3. The lowest BCUT2D eigenvalue weighted by atomic mass is 9.86. The van der Waals surface area contributed by atoms with E-state index in [2.05, 4.69) is 42.8 Å². The lowest BCUT2D eigenvalue weighted by Crippen LogP contribution is -2.28. The van der Waals surface area contributed by atoms with E-state index in [1.54, 1.807) is 0 Å². The first-order chi connectivity index (χ1) is 9.39. The summed E-state index contributed by atoms with van der Waals surface area (Å²) in [5, 5.41) is 13.7. The van der Waals surface area contributed by atoms with Gasteiger partial charge in [0.2, 0.25) is 0 Å². The highest BCUT2D eigenvalue weighted by molar-refractivity contribution is 6.05. The van der Waals surface area contributed by atoms with Crippen LogP contribution in [0.15, 0.2) is 18.2 Å². The van der Waals surface area contributed by atoms with Gasteiger partial charge in [-0.2, -0.15) is 0 Å². The van der Waals surface area contributed by atoms with Crippen LogP contribution in [0.5, 0.6) is 0 Å². The first-order valence-corrected chi connectivity index (χ1v) is 6.99. The van der Waals surface area contributed by atoms with E-state index in [0.29, 0.717) is 12.1 Å². The van der Waals surface area contributed by atoms with Gasteiger partial charge in [0.15, 0.2) is 0 Å². The van der Waals surface area contributed by atoms with Crippen LogP contribution in [-0.2, 0) is 18.5 Å². The van der Waals surface area contributed by atoms with Gasteiger partial charge in [0.25, 0.3) is 0 Å². The molecule has 0 fully saturated rings. The Hall–Kier alpha value is -1.81. The fourth-order valence-corrected chi connectivity index (χ4v) is 2.95. The number of benzene rings is 1. The monoisotopic (exact) mass is 272 g/mol. The van der Waals surface area contributed by atoms with Gasteiger partial charge in [-0.3, -0.25) is 0 Å². The first-order valence-electron chi connectivity index (χ1n) is 6.99. The van der Waals surface area contributed by atoms with Crippen LogP contribution in [0.2, 0.25) is 0 Å². The second kappa shape index (κ2) is 4.35. The average molecular weight is 272 g/mol. The summed E-state index contributed by atoms with van der Waals surface area (Å²) in [7, 11) is 0. The largest absolute Gasteiger partial charge is 0.478 e. The highest BCUT2D eigenvalue weighted by Gasteiger charge is 2.25. The molecule has 2 heterocycles. The summed E-state index contributed by atoms with van der Waals surface area (Å²) in [5.74, 6) is -0.835. The standard InChI is InChI=1S/C16H20N2O2/c1-16(2,3)10-4-5-12-11(8-10)14(15(19)20)13-9-17-6-7-18(12)13/h4-5,8,17H,6-7,9H2,1-3H3,(H,19,20). The van der Waals surface area contributed by atoms with Gasteiger partial charge in [0, 0.05) is 36.2 Å². The summed E-state index contributed by atoms with van der Waals surface area (Å²) in [6.45, 7) is 8.77. The maximum absolute atomic E-state index is 11.7. The molecule has 3 rings (SSSR count). The van der Waals surface area contributed by atoms with Gasteiger partial charge in [-0.05, 0) is 23.1 Å². The molecule has 0 bridgehead atoms. The molecule has 1 aromatic heterocycles. The van der Waals surface area contributed by atoms with Crippen LogP contribution in [0.1, 0.15) is 42.4 Å². The zero-order valence-electron chi connectivity index (χ0n) is 12.2. The van der Waals surface area contributed by atoms with Crippen LogP contribution >= 0.6 is 0 Å². The van der Waals surface area contributed by atoms with Crippen LogP contribution in [0.3, 0.4) is 0 Å². The molecule has 0 atom stereocenters. The molecule has 2 N–H and O–H groups in total. The molecule has 1 aliphatic heterocycles. The minimum absolute atomic E-state index is 0.0185. The van der Waals surface area contributed by atoms with E-state index in [1.165, 1.54) is 5.56 Å². The second-order valence-electron chi connectivity index (χ2n) is 6.44. The lowest BCUT2D eigenvalue weighted by molar-refractivity contribution is 0.0697. The Morgan fingerprint density at radius 1 is 1.35 bits per heavy atom. The van der Waals surface area contributed by atoms with Crippen LogP contribution in [0.25, 0.3) is 10.9 Å². The summed E-state index contributed by atoms with van der Waals surface area (Å²) >= 11 is 0. The van der Waals surface area contributed by atoms with E-state index in [0.717, 1.165) is 29.7 Å². The average Bonchev–Trinajstić information content (AvgIpc) is 2.71. The number of aromatic carboxylic acids is 1. The maximum Gasteiger partial charge on any atom is 0.338 e. The van der Waals surface area contributed by atoms with Gasteiger partial charge in [-0.15, -0.1) is 0 Å². The summed E-state index contributed by atoms with van der Waals surface area (Å²) in [6, 6.07) is 6.23. The topological polar surface area (TPSA) is 54.3 Å². The van der Waals surface area contributed by atoms with E-state index in [-0.39, 0.29) is 5.41 Å². The fourth-order valence-electron chi connectivity index (χ4n) is 2.95. The highest BCUT2D eigenvalue weighted by Crippen LogP contribution is 2.32. The van der Waals surface area contributed by atoms with Crippen molar-refractivity contribution in [3.63, 3.8) is 0 Å². The third-order valence-electron chi connectivity index (χ3n) is 4.06. The Balaban J connectivity index is 2.34. The molecule has 0 unspecified atom stereocenters. The van der Waals surface area contributed by atoms with Crippen LogP contribution < -0.4 is 5.32 Å². The zero-order valence-corrected chi connectivity index (χ0v) is 12.2. The minimum atomic E-state index is -0.835. The number of aromatic nitrogens is 1. The first kappa shape index (κ1) is 13.2. The van der Waals surface area contributed by atoms with Crippen molar-refractivity contribution >= 4 is 16.9 Å². The van der Waals surface area contributed by atoms with Crippen molar-refractivity contribution < 1.29 is 9.90 Å².